The second-order valence-corrected chi connectivity index (χ2v) is 4.36. The first-order valence-electron chi connectivity index (χ1n) is 4.10. The van der Waals surface area contributed by atoms with Crippen LogP contribution in [-0.2, 0) is 0 Å². The Balaban J connectivity index is 2.61. The van der Waals surface area contributed by atoms with Crippen LogP contribution in [-0.4, -0.2) is 21.5 Å². The Bertz CT molecular complexity index is 574. The zero-order valence-electron chi connectivity index (χ0n) is 7.65. The van der Waals surface area contributed by atoms with Crippen LogP contribution in [0, 0.1) is 0 Å². The summed E-state index contributed by atoms with van der Waals surface area (Å²) in [6.45, 7) is 0. The molecule has 7 heteroatoms. The summed E-state index contributed by atoms with van der Waals surface area (Å²) in [6.07, 6.45) is -1.35. The highest BCUT2D eigenvalue weighted by atomic mass is 79.9. The minimum atomic E-state index is -1.35. The molecule has 16 heavy (non-hydrogen) atoms. The SMILES string of the molecule is O=C(O)Oc1ccc2c(Br)nnc(Br)c2c1. The van der Waals surface area contributed by atoms with Gasteiger partial charge in [-0.15, -0.1) is 10.2 Å². The quantitative estimate of drug-likeness (QED) is 0.633. The molecule has 2 rings (SSSR count). The fraction of sp³-hybridized carbons (Fsp3) is 0. The number of rotatable bonds is 1. The van der Waals surface area contributed by atoms with Gasteiger partial charge in [0.1, 0.15) is 15.0 Å². The first kappa shape index (κ1) is 11.3. The number of nitrogens with zero attached hydrogens (tertiary/aromatic N) is 2. The van der Waals surface area contributed by atoms with E-state index in [0.29, 0.717) is 9.21 Å². The van der Waals surface area contributed by atoms with E-state index in [9.17, 15) is 4.79 Å². The maximum Gasteiger partial charge on any atom is 0.511 e. The summed E-state index contributed by atoms with van der Waals surface area (Å²) in [5, 5.41) is 17.7. The Labute approximate surface area is 107 Å². The molecule has 0 saturated heterocycles. The van der Waals surface area contributed by atoms with Crippen LogP contribution in [0.1, 0.15) is 0 Å². The molecule has 1 N–H and O–H groups in total. The maximum atomic E-state index is 10.4. The van der Waals surface area contributed by atoms with E-state index in [-0.39, 0.29) is 5.75 Å². The first-order chi connectivity index (χ1) is 7.58. The summed E-state index contributed by atoms with van der Waals surface area (Å²) in [4.78, 5) is 10.4. The predicted molar refractivity (Wildman–Crippen MR) is 63.6 cm³/mol. The molecule has 2 aromatic rings. The second-order valence-electron chi connectivity index (χ2n) is 2.86. The number of halogens is 2. The Hall–Kier alpha value is -1.21. The number of fused-ring (bicyclic) bond motifs is 1. The van der Waals surface area contributed by atoms with Gasteiger partial charge >= 0.3 is 6.16 Å². The van der Waals surface area contributed by atoms with Crippen LogP contribution in [0.3, 0.4) is 0 Å². The van der Waals surface area contributed by atoms with Crippen molar-refractivity contribution in [1.82, 2.24) is 10.2 Å². The molecule has 1 aromatic carbocycles. The van der Waals surface area contributed by atoms with Gasteiger partial charge in [0.15, 0.2) is 0 Å². The highest BCUT2D eigenvalue weighted by molar-refractivity contribution is 9.11. The van der Waals surface area contributed by atoms with Gasteiger partial charge < -0.3 is 9.84 Å². The Morgan fingerprint density at radius 2 is 1.81 bits per heavy atom. The molecular weight excluding hydrogens is 344 g/mol. The van der Waals surface area contributed by atoms with Gasteiger partial charge in [-0.3, -0.25) is 0 Å². The Morgan fingerprint density at radius 3 is 2.44 bits per heavy atom. The van der Waals surface area contributed by atoms with Gasteiger partial charge in [-0.2, -0.15) is 0 Å². The van der Waals surface area contributed by atoms with Crippen LogP contribution in [0.4, 0.5) is 4.79 Å². The van der Waals surface area contributed by atoms with E-state index in [0.717, 1.165) is 10.8 Å². The number of carboxylic acid groups (broad SMARTS) is 1. The highest BCUT2D eigenvalue weighted by Crippen LogP contribution is 2.29. The lowest BCUT2D eigenvalue weighted by Gasteiger charge is -2.04. The van der Waals surface area contributed by atoms with Crippen molar-refractivity contribution in [1.29, 1.82) is 0 Å². The third kappa shape index (κ3) is 2.14. The molecule has 82 valence electrons. The molecular formula is C9H4Br2N2O3. The summed E-state index contributed by atoms with van der Waals surface area (Å²) in [5.41, 5.74) is 0. The number of ether oxygens (including phenoxy) is 1. The van der Waals surface area contributed by atoms with Crippen LogP contribution in [0.2, 0.25) is 0 Å². The van der Waals surface area contributed by atoms with Gasteiger partial charge in [0.25, 0.3) is 0 Å². The average molecular weight is 348 g/mol. The van der Waals surface area contributed by atoms with Crippen molar-refractivity contribution in [2.75, 3.05) is 0 Å². The largest absolute Gasteiger partial charge is 0.511 e. The van der Waals surface area contributed by atoms with Crippen LogP contribution in [0.15, 0.2) is 27.4 Å². The van der Waals surface area contributed by atoms with E-state index in [1.54, 1.807) is 18.2 Å². The van der Waals surface area contributed by atoms with Crippen molar-refractivity contribution in [3.05, 3.63) is 27.4 Å². The molecule has 5 nitrogen and oxygen atoms in total. The van der Waals surface area contributed by atoms with E-state index in [1.807, 2.05) is 0 Å². The second kappa shape index (κ2) is 4.34. The molecule has 0 fully saturated rings. The average Bonchev–Trinajstić information content (AvgIpc) is 2.23. The monoisotopic (exact) mass is 346 g/mol. The summed E-state index contributed by atoms with van der Waals surface area (Å²) in [5.74, 6) is 0.237. The molecule has 0 amide bonds. The lowest BCUT2D eigenvalue weighted by Crippen LogP contribution is -2.02. The van der Waals surface area contributed by atoms with Gasteiger partial charge in [0, 0.05) is 10.8 Å². The van der Waals surface area contributed by atoms with Crippen molar-refractivity contribution in [2.45, 2.75) is 0 Å². The molecule has 0 aliphatic carbocycles. The minimum absolute atomic E-state index is 0.237. The van der Waals surface area contributed by atoms with Crippen LogP contribution < -0.4 is 4.74 Å². The molecule has 0 bridgehead atoms. The number of aromatic nitrogens is 2. The molecule has 0 unspecified atom stereocenters. The van der Waals surface area contributed by atoms with Gasteiger partial charge in [0.2, 0.25) is 0 Å². The third-order valence-electron chi connectivity index (χ3n) is 1.87. The molecule has 0 saturated carbocycles. The van der Waals surface area contributed by atoms with Gasteiger partial charge in [0.05, 0.1) is 0 Å². The molecule has 1 heterocycles. The number of benzene rings is 1. The summed E-state index contributed by atoms with van der Waals surface area (Å²) < 4.78 is 5.67. The van der Waals surface area contributed by atoms with E-state index in [1.165, 1.54) is 0 Å². The van der Waals surface area contributed by atoms with Gasteiger partial charge in [-0.25, -0.2) is 4.79 Å². The van der Waals surface area contributed by atoms with E-state index in [4.69, 9.17) is 5.11 Å². The van der Waals surface area contributed by atoms with Crippen molar-refractivity contribution in [3.8, 4) is 5.75 Å². The van der Waals surface area contributed by atoms with Crippen molar-refractivity contribution >= 4 is 48.8 Å². The zero-order valence-corrected chi connectivity index (χ0v) is 10.8. The highest BCUT2D eigenvalue weighted by Gasteiger charge is 2.08. The Kier molecular flexibility index (Phi) is 3.06. The standard InChI is InChI=1S/C9H4Br2N2O3/c10-7-5-2-1-4(16-9(14)15)3-6(5)8(11)13-12-7/h1-3H,(H,14,15). The minimum Gasteiger partial charge on any atom is -0.449 e. The number of hydrogen-bond donors (Lipinski definition) is 1. The zero-order chi connectivity index (χ0) is 11.7. The first-order valence-corrected chi connectivity index (χ1v) is 5.69. The fourth-order valence-electron chi connectivity index (χ4n) is 1.23. The molecule has 0 aliphatic rings. The fourth-order valence-corrected chi connectivity index (χ4v) is 2.07. The predicted octanol–water partition coefficient (Wildman–Crippen LogP) is 3.21. The molecule has 1 aromatic heterocycles. The van der Waals surface area contributed by atoms with E-state index in [2.05, 4.69) is 46.8 Å². The lowest BCUT2D eigenvalue weighted by molar-refractivity contribution is 0.144. The van der Waals surface area contributed by atoms with Crippen LogP contribution in [0.5, 0.6) is 5.75 Å². The lowest BCUT2D eigenvalue weighted by atomic mass is 10.2. The summed E-state index contributed by atoms with van der Waals surface area (Å²) >= 11 is 6.49. The third-order valence-corrected chi connectivity index (χ3v) is 3.04. The number of carbonyl (C=O) groups is 1. The Morgan fingerprint density at radius 1 is 1.19 bits per heavy atom. The summed E-state index contributed by atoms with van der Waals surface area (Å²) in [6, 6.07) is 4.83. The van der Waals surface area contributed by atoms with Crippen LogP contribution in [0.25, 0.3) is 10.8 Å². The smallest absolute Gasteiger partial charge is 0.449 e. The maximum absolute atomic E-state index is 10.4. The molecule has 0 radical (unpaired) electrons. The summed E-state index contributed by atoms with van der Waals surface area (Å²) in [7, 11) is 0. The topological polar surface area (TPSA) is 72.3 Å². The van der Waals surface area contributed by atoms with Crippen molar-refractivity contribution in [2.24, 2.45) is 0 Å². The molecule has 0 spiro atoms. The van der Waals surface area contributed by atoms with Crippen LogP contribution >= 0.6 is 31.9 Å². The molecule has 0 atom stereocenters. The number of hydrogen-bond acceptors (Lipinski definition) is 4. The van der Waals surface area contributed by atoms with Crippen molar-refractivity contribution < 1.29 is 14.6 Å². The van der Waals surface area contributed by atoms with Crippen molar-refractivity contribution in [3.63, 3.8) is 0 Å². The van der Waals surface area contributed by atoms with E-state index >= 15 is 0 Å². The normalized spacial score (nSPS) is 10.4. The van der Waals surface area contributed by atoms with Gasteiger partial charge in [-0.05, 0) is 50.1 Å². The molecule has 0 aliphatic heterocycles. The van der Waals surface area contributed by atoms with E-state index < -0.39 is 6.16 Å². The van der Waals surface area contributed by atoms with Gasteiger partial charge in [-0.1, -0.05) is 0 Å².